The Morgan fingerprint density at radius 3 is 2.19 bits per heavy atom. The molecule has 0 aliphatic heterocycles. The lowest BCUT2D eigenvalue weighted by atomic mass is 10.1. The second kappa shape index (κ2) is 8.39. The van der Waals surface area contributed by atoms with Gasteiger partial charge in [0.2, 0.25) is 0 Å². The van der Waals surface area contributed by atoms with Crippen LogP contribution in [0.3, 0.4) is 0 Å². The fourth-order valence-corrected chi connectivity index (χ4v) is 1.41. The summed E-state index contributed by atoms with van der Waals surface area (Å²) in [6.07, 6.45) is 0. The van der Waals surface area contributed by atoms with Crippen LogP contribution in [-0.4, -0.2) is 43.3 Å². The van der Waals surface area contributed by atoms with E-state index in [4.69, 9.17) is 4.74 Å². The van der Waals surface area contributed by atoms with Gasteiger partial charge in [-0.3, -0.25) is 0 Å². The van der Waals surface area contributed by atoms with Crippen LogP contribution in [-0.2, 0) is 4.74 Å². The highest BCUT2D eigenvalue weighted by Crippen LogP contribution is 2.03. The predicted molar refractivity (Wildman–Crippen MR) is 66.6 cm³/mol. The van der Waals surface area contributed by atoms with E-state index in [1.165, 1.54) is 0 Å². The van der Waals surface area contributed by atoms with Gasteiger partial charge in [0.1, 0.15) is 0 Å². The highest BCUT2D eigenvalue weighted by atomic mass is 16.5. The number of hydrogen-bond donors (Lipinski definition) is 1. The molecule has 2 amide bonds. The van der Waals surface area contributed by atoms with Crippen LogP contribution in [0.4, 0.5) is 4.79 Å². The molecule has 0 bridgehead atoms. The Kier molecular flexibility index (Phi) is 7.99. The Morgan fingerprint density at radius 1 is 1.25 bits per heavy atom. The van der Waals surface area contributed by atoms with E-state index in [2.05, 4.69) is 19.2 Å². The van der Waals surface area contributed by atoms with E-state index < -0.39 is 0 Å². The van der Waals surface area contributed by atoms with Gasteiger partial charge in [-0.1, -0.05) is 13.8 Å². The topological polar surface area (TPSA) is 41.6 Å². The molecule has 0 saturated heterocycles. The second-order valence-corrected chi connectivity index (χ2v) is 4.13. The van der Waals surface area contributed by atoms with Crippen molar-refractivity contribution < 1.29 is 9.53 Å². The Bertz CT molecular complexity index is 191. The summed E-state index contributed by atoms with van der Waals surface area (Å²) in [5, 5.41) is 3.02. The van der Waals surface area contributed by atoms with Gasteiger partial charge < -0.3 is 15.0 Å². The van der Waals surface area contributed by atoms with Crippen molar-refractivity contribution in [2.75, 3.05) is 26.3 Å². The maximum Gasteiger partial charge on any atom is 0.317 e. The van der Waals surface area contributed by atoms with Crippen LogP contribution >= 0.6 is 0 Å². The third-order valence-electron chi connectivity index (χ3n) is 2.67. The second-order valence-electron chi connectivity index (χ2n) is 4.13. The monoisotopic (exact) mass is 230 g/mol. The van der Waals surface area contributed by atoms with Crippen LogP contribution in [0.25, 0.3) is 0 Å². The number of amides is 2. The van der Waals surface area contributed by atoms with Gasteiger partial charge in [-0.25, -0.2) is 4.79 Å². The van der Waals surface area contributed by atoms with Crippen molar-refractivity contribution in [3.8, 4) is 0 Å². The molecule has 0 rings (SSSR count). The maximum absolute atomic E-state index is 11.8. The zero-order valence-electron chi connectivity index (χ0n) is 11.2. The molecule has 1 unspecified atom stereocenters. The Labute approximate surface area is 99.3 Å². The third kappa shape index (κ3) is 5.35. The van der Waals surface area contributed by atoms with Gasteiger partial charge in [0, 0.05) is 19.7 Å². The fraction of sp³-hybridized carbons (Fsp3) is 0.917. The first kappa shape index (κ1) is 15.2. The van der Waals surface area contributed by atoms with E-state index in [0.717, 1.165) is 13.1 Å². The Hall–Kier alpha value is -0.770. The molecule has 0 heterocycles. The van der Waals surface area contributed by atoms with Gasteiger partial charge in [0.05, 0.1) is 12.6 Å². The summed E-state index contributed by atoms with van der Waals surface area (Å²) in [5.41, 5.74) is 0. The SMILES string of the molecule is CCOCC(NC(=O)N(CC)CC)C(C)C. The molecule has 0 aromatic rings. The maximum atomic E-state index is 11.8. The molecule has 4 nitrogen and oxygen atoms in total. The lowest BCUT2D eigenvalue weighted by Crippen LogP contribution is -2.48. The van der Waals surface area contributed by atoms with E-state index >= 15 is 0 Å². The zero-order chi connectivity index (χ0) is 12.6. The van der Waals surface area contributed by atoms with Crippen LogP contribution in [0, 0.1) is 5.92 Å². The first-order valence-electron chi connectivity index (χ1n) is 6.19. The summed E-state index contributed by atoms with van der Waals surface area (Å²) in [5.74, 6) is 0.381. The number of nitrogens with zero attached hydrogens (tertiary/aromatic N) is 1. The number of urea groups is 1. The molecule has 0 aliphatic rings. The normalized spacial score (nSPS) is 12.6. The highest BCUT2D eigenvalue weighted by Gasteiger charge is 2.18. The Balaban J connectivity index is 4.21. The number of ether oxygens (including phenoxy) is 1. The predicted octanol–water partition coefficient (Wildman–Crippen LogP) is 2.10. The van der Waals surface area contributed by atoms with E-state index in [1.807, 2.05) is 20.8 Å². The largest absolute Gasteiger partial charge is 0.380 e. The minimum Gasteiger partial charge on any atom is -0.380 e. The number of carbonyl (C=O) groups excluding carboxylic acids is 1. The van der Waals surface area contributed by atoms with Crippen molar-refractivity contribution in [2.45, 2.75) is 40.7 Å². The minimum absolute atomic E-state index is 0.00315. The lowest BCUT2D eigenvalue weighted by molar-refractivity contribution is 0.107. The average Bonchev–Trinajstić information content (AvgIpc) is 2.25. The van der Waals surface area contributed by atoms with E-state index in [1.54, 1.807) is 4.90 Å². The molecule has 0 aromatic carbocycles. The van der Waals surface area contributed by atoms with Gasteiger partial charge in [0.25, 0.3) is 0 Å². The van der Waals surface area contributed by atoms with E-state index in [9.17, 15) is 4.79 Å². The molecule has 1 N–H and O–H groups in total. The summed E-state index contributed by atoms with van der Waals surface area (Å²) in [6.45, 7) is 12.9. The first-order chi connectivity index (χ1) is 7.56. The van der Waals surface area contributed by atoms with Crippen LogP contribution in [0.2, 0.25) is 0 Å². The van der Waals surface area contributed by atoms with Crippen molar-refractivity contribution in [3.63, 3.8) is 0 Å². The molecular weight excluding hydrogens is 204 g/mol. The standard InChI is InChI=1S/C12H26N2O2/c1-6-14(7-2)12(15)13-11(10(4)5)9-16-8-3/h10-11H,6-9H2,1-5H3,(H,13,15). The molecule has 0 radical (unpaired) electrons. The molecule has 4 heteroatoms. The molecule has 1 atom stereocenters. The van der Waals surface area contributed by atoms with Crippen LogP contribution < -0.4 is 5.32 Å². The number of nitrogens with one attached hydrogen (secondary N) is 1. The smallest absolute Gasteiger partial charge is 0.317 e. The van der Waals surface area contributed by atoms with Crippen molar-refractivity contribution in [3.05, 3.63) is 0 Å². The summed E-state index contributed by atoms with van der Waals surface area (Å²) < 4.78 is 5.37. The number of carbonyl (C=O) groups is 1. The molecule has 0 aliphatic carbocycles. The third-order valence-corrected chi connectivity index (χ3v) is 2.67. The highest BCUT2D eigenvalue weighted by molar-refractivity contribution is 5.74. The average molecular weight is 230 g/mol. The molecule has 0 fully saturated rings. The van der Waals surface area contributed by atoms with Gasteiger partial charge in [-0.05, 0) is 26.7 Å². The van der Waals surface area contributed by atoms with E-state index in [-0.39, 0.29) is 12.1 Å². The summed E-state index contributed by atoms with van der Waals surface area (Å²) >= 11 is 0. The molecule has 0 aromatic heterocycles. The Morgan fingerprint density at radius 2 is 1.81 bits per heavy atom. The number of rotatable bonds is 7. The van der Waals surface area contributed by atoms with Crippen molar-refractivity contribution >= 4 is 6.03 Å². The van der Waals surface area contributed by atoms with Crippen molar-refractivity contribution in [1.82, 2.24) is 10.2 Å². The zero-order valence-corrected chi connectivity index (χ0v) is 11.2. The minimum atomic E-state index is 0.00315. The molecular formula is C12H26N2O2. The number of hydrogen-bond acceptors (Lipinski definition) is 2. The lowest BCUT2D eigenvalue weighted by Gasteiger charge is -2.26. The quantitative estimate of drug-likeness (QED) is 0.727. The van der Waals surface area contributed by atoms with Crippen LogP contribution in [0.15, 0.2) is 0 Å². The van der Waals surface area contributed by atoms with E-state index in [0.29, 0.717) is 19.1 Å². The van der Waals surface area contributed by atoms with Crippen LogP contribution in [0.5, 0.6) is 0 Å². The van der Waals surface area contributed by atoms with Crippen molar-refractivity contribution in [1.29, 1.82) is 0 Å². The van der Waals surface area contributed by atoms with Gasteiger partial charge in [-0.15, -0.1) is 0 Å². The first-order valence-corrected chi connectivity index (χ1v) is 6.19. The molecule has 96 valence electrons. The van der Waals surface area contributed by atoms with Gasteiger partial charge in [-0.2, -0.15) is 0 Å². The summed E-state index contributed by atoms with van der Waals surface area (Å²) in [7, 11) is 0. The molecule has 0 spiro atoms. The van der Waals surface area contributed by atoms with Crippen molar-refractivity contribution in [2.24, 2.45) is 5.92 Å². The summed E-state index contributed by atoms with van der Waals surface area (Å²) in [6, 6.07) is 0.0939. The van der Waals surface area contributed by atoms with Gasteiger partial charge >= 0.3 is 6.03 Å². The fourth-order valence-electron chi connectivity index (χ4n) is 1.41. The molecule has 0 saturated carbocycles. The van der Waals surface area contributed by atoms with Gasteiger partial charge in [0.15, 0.2) is 0 Å². The van der Waals surface area contributed by atoms with Crippen LogP contribution in [0.1, 0.15) is 34.6 Å². The molecule has 16 heavy (non-hydrogen) atoms. The summed E-state index contributed by atoms with van der Waals surface area (Å²) in [4.78, 5) is 13.6.